The van der Waals surface area contributed by atoms with Gasteiger partial charge in [-0.15, -0.1) is 0 Å². The van der Waals surface area contributed by atoms with Crippen molar-refractivity contribution in [3.05, 3.63) is 65.7 Å². The van der Waals surface area contributed by atoms with Gasteiger partial charge in [-0.1, -0.05) is 42.5 Å². The van der Waals surface area contributed by atoms with Crippen molar-refractivity contribution in [2.75, 3.05) is 6.61 Å². The number of carbonyl (C=O) groups excluding carboxylic acids is 4. The summed E-state index contributed by atoms with van der Waals surface area (Å²) in [5.74, 6) is -3.47. The number of nitrogens with one attached hydrogen (secondary N) is 4. The van der Waals surface area contributed by atoms with Gasteiger partial charge in [0, 0.05) is 12.8 Å². The quantitative estimate of drug-likeness (QED) is 0.191. The molecular weight excluding hydrogens is 536 g/mol. The summed E-state index contributed by atoms with van der Waals surface area (Å²) in [6.07, 6.45) is -0.756. The molecule has 13 heteroatoms. The molecule has 2 rings (SSSR count). The van der Waals surface area contributed by atoms with Crippen LogP contribution in [-0.4, -0.2) is 70.3 Å². The van der Waals surface area contributed by atoms with Crippen molar-refractivity contribution in [2.45, 2.75) is 64.3 Å². The molecule has 0 heterocycles. The van der Waals surface area contributed by atoms with E-state index in [4.69, 9.17) is 9.84 Å². The Labute approximate surface area is 237 Å². The van der Waals surface area contributed by atoms with E-state index in [1.807, 2.05) is 5.48 Å². The van der Waals surface area contributed by atoms with Crippen molar-refractivity contribution in [1.82, 2.24) is 21.4 Å². The van der Waals surface area contributed by atoms with E-state index >= 15 is 0 Å². The molecule has 41 heavy (non-hydrogen) atoms. The third kappa shape index (κ3) is 12.4. The van der Waals surface area contributed by atoms with Gasteiger partial charge < -0.3 is 30.9 Å². The van der Waals surface area contributed by atoms with Crippen LogP contribution in [0.4, 0.5) is 4.79 Å². The summed E-state index contributed by atoms with van der Waals surface area (Å²) in [4.78, 5) is 66.7. The zero-order valence-electron chi connectivity index (χ0n) is 23.3. The number of aromatic hydroxyl groups is 1. The Morgan fingerprint density at radius 1 is 0.780 bits per heavy atom. The number of rotatable bonds is 13. The molecule has 2 aromatic rings. The first-order valence-corrected chi connectivity index (χ1v) is 12.8. The van der Waals surface area contributed by atoms with E-state index < -0.39 is 60.1 Å². The Hall–Kier alpha value is -4.65. The molecule has 0 saturated carbocycles. The fourth-order valence-electron chi connectivity index (χ4n) is 3.50. The van der Waals surface area contributed by atoms with Gasteiger partial charge in [-0.25, -0.2) is 15.1 Å². The molecule has 0 radical (unpaired) electrons. The lowest BCUT2D eigenvalue weighted by Gasteiger charge is -2.25. The standard InChI is InChI=1S/C28H36N4O9/c1-17(24(36)30-22(14-18-8-6-5-7-9-18)26(38)32-40-16-23(34)35)29-25(37)21(31-27(39)41-28(2,3)4)15-19-10-12-20(33)13-11-19/h5-13,17,21-22,33H,14-16H2,1-4H3,(H,29,37)(H,30,36)(H,31,39)(H,32,38)(H,34,35). The van der Waals surface area contributed by atoms with Crippen LogP contribution in [0.3, 0.4) is 0 Å². The zero-order chi connectivity index (χ0) is 30.6. The summed E-state index contributed by atoms with van der Waals surface area (Å²) in [7, 11) is 0. The van der Waals surface area contributed by atoms with Gasteiger partial charge in [-0.05, 0) is 51.0 Å². The molecule has 4 amide bonds. The summed E-state index contributed by atoms with van der Waals surface area (Å²) in [5, 5.41) is 25.9. The number of hydrogen-bond acceptors (Lipinski definition) is 8. The lowest BCUT2D eigenvalue weighted by atomic mass is 10.0. The minimum Gasteiger partial charge on any atom is -0.508 e. The van der Waals surface area contributed by atoms with E-state index in [1.165, 1.54) is 19.1 Å². The Balaban J connectivity index is 2.13. The van der Waals surface area contributed by atoms with Crippen molar-refractivity contribution in [3.63, 3.8) is 0 Å². The maximum Gasteiger partial charge on any atom is 0.408 e. The van der Waals surface area contributed by atoms with Gasteiger partial charge in [0.1, 0.15) is 29.5 Å². The molecule has 0 aromatic heterocycles. The van der Waals surface area contributed by atoms with Crippen LogP contribution in [-0.2, 0) is 41.6 Å². The van der Waals surface area contributed by atoms with Gasteiger partial charge in [0.05, 0.1) is 0 Å². The van der Waals surface area contributed by atoms with Crippen LogP contribution in [0, 0.1) is 0 Å². The third-order valence-electron chi connectivity index (χ3n) is 5.42. The van der Waals surface area contributed by atoms with Gasteiger partial charge in [0.25, 0.3) is 5.91 Å². The van der Waals surface area contributed by atoms with Gasteiger partial charge in [0.15, 0.2) is 6.61 Å². The highest BCUT2D eigenvalue weighted by molar-refractivity contribution is 5.93. The van der Waals surface area contributed by atoms with E-state index in [0.717, 1.165) is 0 Å². The molecule has 0 aliphatic heterocycles. The number of amides is 4. The summed E-state index contributed by atoms with van der Waals surface area (Å²) in [5.41, 5.74) is 2.52. The molecule has 3 atom stereocenters. The molecule has 0 spiro atoms. The van der Waals surface area contributed by atoms with Crippen LogP contribution < -0.4 is 21.4 Å². The molecule has 13 nitrogen and oxygen atoms in total. The maximum absolute atomic E-state index is 13.2. The number of phenolic OH excluding ortho intramolecular Hbond substituents is 1. The number of phenols is 1. The van der Waals surface area contributed by atoms with E-state index in [-0.39, 0.29) is 18.6 Å². The average molecular weight is 573 g/mol. The van der Waals surface area contributed by atoms with Gasteiger partial charge in [-0.2, -0.15) is 0 Å². The van der Waals surface area contributed by atoms with E-state index in [1.54, 1.807) is 63.2 Å². The van der Waals surface area contributed by atoms with E-state index in [2.05, 4.69) is 20.8 Å². The number of aliphatic carboxylic acids is 1. The topological polar surface area (TPSA) is 192 Å². The highest BCUT2D eigenvalue weighted by Crippen LogP contribution is 2.13. The summed E-state index contributed by atoms with van der Waals surface area (Å²) < 4.78 is 5.27. The summed E-state index contributed by atoms with van der Waals surface area (Å²) in [6.45, 7) is 5.63. The number of carboxylic acid groups (broad SMARTS) is 1. The first-order chi connectivity index (χ1) is 19.2. The number of ether oxygens (including phenoxy) is 1. The minimum absolute atomic E-state index is 0.0274. The normalized spacial score (nSPS) is 13.2. The van der Waals surface area contributed by atoms with E-state index in [9.17, 15) is 29.1 Å². The first kappa shape index (κ1) is 32.6. The monoisotopic (exact) mass is 572 g/mol. The number of carbonyl (C=O) groups is 5. The zero-order valence-corrected chi connectivity index (χ0v) is 23.3. The second-order valence-corrected chi connectivity index (χ2v) is 10.2. The lowest BCUT2D eigenvalue weighted by Crippen LogP contribution is -2.56. The molecular formula is C28H36N4O9. The van der Waals surface area contributed by atoms with Gasteiger partial charge in [0.2, 0.25) is 11.8 Å². The first-order valence-electron chi connectivity index (χ1n) is 12.8. The van der Waals surface area contributed by atoms with Crippen LogP contribution in [0.5, 0.6) is 5.75 Å². The number of hydrogen-bond donors (Lipinski definition) is 6. The van der Waals surface area contributed by atoms with Crippen molar-refractivity contribution >= 4 is 29.8 Å². The van der Waals surface area contributed by atoms with Crippen LogP contribution in [0.15, 0.2) is 54.6 Å². The van der Waals surface area contributed by atoms with Crippen molar-refractivity contribution in [2.24, 2.45) is 0 Å². The fraction of sp³-hybridized carbons (Fsp3) is 0.393. The second-order valence-electron chi connectivity index (χ2n) is 10.2. The van der Waals surface area contributed by atoms with E-state index in [0.29, 0.717) is 11.1 Å². The predicted octanol–water partition coefficient (Wildman–Crippen LogP) is 1.19. The molecule has 3 unspecified atom stereocenters. The number of hydroxylamine groups is 1. The van der Waals surface area contributed by atoms with Crippen LogP contribution in [0.2, 0.25) is 0 Å². The van der Waals surface area contributed by atoms with Gasteiger partial charge >= 0.3 is 12.1 Å². The predicted molar refractivity (Wildman–Crippen MR) is 146 cm³/mol. The average Bonchev–Trinajstić information content (AvgIpc) is 2.88. The molecule has 0 aliphatic carbocycles. The van der Waals surface area contributed by atoms with Crippen molar-refractivity contribution in [1.29, 1.82) is 0 Å². The Bertz CT molecular complexity index is 1200. The van der Waals surface area contributed by atoms with Crippen LogP contribution >= 0.6 is 0 Å². The number of carboxylic acids is 1. The van der Waals surface area contributed by atoms with Crippen LogP contribution in [0.25, 0.3) is 0 Å². The summed E-state index contributed by atoms with van der Waals surface area (Å²) >= 11 is 0. The maximum atomic E-state index is 13.2. The smallest absolute Gasteiger partial charge is 0.408 e. The molecule has 0 fully saturated rings. The molecule has 222 valence electrons. The molecule has 0 aliphatic rings. The minimum atomic E-state index is -1.30. The molecule has 6 N–H and O–H groups in total. The third-order valence-corrected chi connectivity index (χ3v) is 5.42. The fourth-order valence-corrected chi connectivity index (χ4v) is 3.50. The Morgan fingerprint density at radius 3 is 1.90 bits per heavy atom. The summed E-state index contributed by atoms with van der Waals surface area (Å²) in [6, 6.07) is 11.4. The van der Waals surface area contributed by atoms with Gasteiger partial charge in [-0.3, -0.25) is 19.2 Å². The molecule has 0 bridgehead atoms. The van der Waals surface area contributed by atoms with Crippen LogP contribution in [0.1, 0.15) is 38.8 Å². The number of benzene rings is 2. The molecule has 0 saturated heterocycles. The molecule has 2 aromatic carbocycles. The van der Waals surface area contributed by atoms with Crippen molar-refractivity contribution in [3.8, 4) is 5.75 Å². The lowest BCUT2D eigenvalue weighted by molar-refractivity contribution is -0.150. The number of alkyl carbamates (subject to hydrolysis) is 1. The Morgan fingerprint density at radius 2 is 1.34 bits per heavy atom. The highest BCUT2D eigenvalue weighted by Gasteiger charge is 2.29. The SMILES string of the molecule is CC(NC(=O)C(Cc1ccc(O)cc1)NC(=O)OC(C)(C)C)C(=O)NC(Cc1ccccc1)C(=O)NOCC(=O)O. The largest absolute Gasteiger partial charge is 0.508 e. The Kier molecular flexibility index (Phi) is 12.1. The van der Waals surface area contributed by atoms with Crippen molar-refractivity contribution < 1.29 is 43.8 Å². The second kappa shape index (κ2) is 15.2. The highest BCUT2D eigenvalue weighted by atomic mass is 16.7.